The highest BCUT2D eigenvalue weighted by atomic mass is 32.2. The summed E-state index contributed by atoms with van der Waals surface area (Å²) in [4.78, 5) is 41.5. The van der Waals surface area contributed by atoms with Gasteiger partial charge in [-0.2, -0.15) is 0 Å². The van der Waals surface area contributed by atoms with Gasteiger partial charge in [0, 0.05) is 41.8 Å². The maximum absolute atomic E-state index is 13.0. The van der Waals surface area contributed by atoms with Crippen LogP contribution in [-0.4, -0.2) is 51.1 Å². The van der Waals surface area contributed by atoms with Gasteiger partial charge in [0.25, 0.3) is 11.1 Å². The zero-order valence-corrected chi connectivity index (χ0v) is 19.0. The number of amides is 3. The normalized spacial score (nSPS) is 20.0. The highest BCUT2D eigenvalue weighted by Gasteiger charge is 2.37. The highest BCUT2D eigenvalue weighted by Crippen LogP contribution is 2.35. The number of benzene rings is 1. The lowest BCUT2D eigenvalue weighted by Crippen LogP contribution is -2.42. The van der Waals surface area contributed by atoms with Gasteiger partial charge in [-0.25, -0.2) is 0 Å². The summed E-state index contributed by atoms with van der Waals surface area (Å²) in [6.07, 6.45) is 9.04. The maximum Gasteiger partial charge on any atom is 0.294 e. The van der Waals surface area contributed by atoms with E-state index in [1.807, 2.05) is 18.2 Å². The summed E-state index contributed by atoms with van der Waals surface area (Å²) in [6.45, 7) is 5.56. The Morgan fingerprint density at radius 1 is 1.13 bits per heavy atom. The van der Waals surface area contributed by atoms with E-state index >= 15 is 0 Å². The molecule has 1 aromatic heterocycles. The molecule has 0 N–H and O–H groups in total. The summed E-state index contributed by atoms with van der Waals surface area (Å²) in [7, 11) is 0. The fourth-order valence-corrected chi connectivity index (χ4v) is 5.07. The Labute approximate surface area is 187 Å². The van der Waals surface area contributed by atoms with Crippen LogP contribution in [0.1, 0.15) is 57.6 Å². The molecule has 2 fully saturated rings. The smallest absolute Gasteiger partial charge is 0.294 e. The first-order valence-corrected chi connectivity index (χ1v) is 11.9. The number of likely N-dealkylation sites (tertiary alicyclic amines) is 1. The molecule has 0 spiro atoms. The number of imide groups is 1. The minimum atomic E-state index is -0.376. The lowest BCUT2D eigenvalue weighted by Gasteiger charge is -2.22. The van der Waals surface area contributed by atoms with Crippen molar-refractivity contribution in [1.82, 2.24) is 14.4 Å². The average Bonchev–Trinajstić information content (AvgIpc) is 3.10. The summed E-state index contributed by atoms with van der Waals surface area (Å²) in [5, 5.41) is 0.681. The van der Waals surface area contributed by atoms with Gasteiger partial charge >= 0.3 is 0 Å². The quantitative estimate of drug-likeness (QED) is 0.612. The van der Waals surface area contributed by atoms with Gasteiger partial charge in [0.1, 0.15) is 6.54 Å². The number of aromatic nitrogens is 1. The van der Waals surface area contributed by atoms with Crippen LogP contribution in [0.4, 0.5) is 4.79 Å². The number of hydrogen-bond donors (Lipinski definition) is 0. The third-order valence-electron chi connectivity index (χ3n) is 6.25. The van der Waals surface area contributed by atoms with Crippen LogP contribution in [0.5, 0.6) is 0 Å². The number of hydrogen-bond acceptors (Lipinski definition) is 4. The topological polar surface area (TPSA) is 62.6 Å². The van der Waals surface area contributed by atoms with E-state index in [2.05, 4.69) is 30.7 Å². The number of fused-ring (bicyclic) bond motifs is 1. The van der Waals surface area contributed by atoms with Gasteiger partial charge in [-0.05, 0) is 50.1 Å². The van der Waals surface area contributed by atoms with Crippen LogP contribution in [0, 0.1) is 0 Å². The molecule has 6 nitrogen and oxygen atoms in total. The van der Waals surface area contributed by atoms with Crippen molar-refractivity contribution in [1.29, 1.82) is 0 Å². The molecule has 3 heterocycles. The predicted octanol–water partition coefficient (Wildman–Crippen LogP) is 5.05. The second kappa shape index (κ2) is 9.30. The first kappa shape index (κ1) is 21.7. The number of thioether (sulfide) groups is 1. The second-order valence-corrected chi connectivity index (χ2v) is 9.32. The minimum absolute atomic E-state index is 0.140. The van der Waals surface area contributed by atoms with E-state index in [9.17, 15) is 14.4 Å². The molecule has 164 valence electrons. The zero-order chi connectivity index (χ0) is 22.0. The van der Waals surface area contributed by atoms with Crippen LogP contribution >= 0.6 is 11.8 Å². The standard InChI is InChI=1S/C24H29N3O3S/c1-3-17(2)26-15-18(19-10-6-7-11-20(19)26)14-21-23(29)27(24(30)31-21)16-22(28)25-12-8-4-5-9-13-25/h6-7,10-11,14-15,17H,3-5,8-9,12-13,16H2,1-2H3. The van der Waals surface area contributed by atoms with Crippen molar-refractivity contribution in [3.05, 3.63) is 40.9 Å². The summed E-state index contributed by atoms with van der Waals surface area (Å²) in [5.41, 5.74) is 2.03. The molecule has 2 aromatic rings. The Bertz CT molecular complexity index is 1030. The van der Waals surface area contributed by atoms with Crippen LogP contribution in [-0.2, 0) is 9.59 Å². The van der Waals surface area contributed by atoms with Crippen molar-refractivity contribution in [3.8, 4) is 0 Å². The highest BCUT2D eigenvalue weighted by molar-refractivity contribution is 8.18. The van der Waals surface area contributed by atoms with Crippen molar-refractivity contribution in [3.63, 3.8) is 0 Å². The number of nitrogens with zero attached hydrogens (tertiary/aromatic N) is 3. The molecule has 1 atom stereocenters. The second-order valence-electron chi connectivity index (χ2n) is 8.33. The van der Waals surface area contributed by atoms with Gasteiger partial charge in [0.05, 0.1) is 4.91 Å². The third-order valence-corrected chi connectivity index (χ3v) is 7.16. The molecule has 0 saturated carbocycles. The van der Waals surface area contributed by atoms with Crippen molar-refractivity contribution in [2.75, 3.05) is 19.6 Å². The predicted molar refractivity (Wildman–Crippen MR) is 125 cm³/mol. The van der Waals surface area contributed by atoms with Gasteiger partial charge in [-0.1, -0.05) is 38.0 Å². The fourth-order valence-electron chi connectivity index (χ4n) is 4.24. The van der Waals surface area contributed by atoms with Crippen molar-refractivity contribution >= 4 is 45.8 Å². The van der Waals surface area contributed by atoms with Crippen LogP contribution < -0.4 is 0 Å². The van der Waals surface area contributed by atoms with Gasteiger partial charge in [-0.3, -0.25) is 19.3 Å². The zero-order valence-electron chi connectivity index (χ0n) is 18.2. The van der Waals surface area contributed by atoms with E-state index in [1.54, 1.807) is 11.0 Å². The molecule has 2 saturated heterocycles. The number of rotatable bonds is 5. The monoisotopic (exact) mass is 439 g/mol. The van der Waals surface area contributed by atoms with Crippen LogP contribution in [0.15, 0.2) is 35.4 Å². The van der Waals surface area contributed by atoms with E-state index in [1.165, 1.54) is 0 Å². The molecule has 1 unspecified atom stereocenters. The van der Waals surface area contributed by atoms with Crippen molar-refractivity contribution < 1.29 is 14.4 Å². The SMILES string of the molecule is CCC(C)n1cc(C=C2SC(=O)N(CC(=O)N3CCCCCC3)C2=O)c2ccccc21. The molecule has 0 radical (unpaired) electrons. The van der Waals surface area contributed by atoms with Crippen molar-refractivity contribution in [2.24, 2.45) is 0 Å². The number of para-hydroxylation sites is 1. The van der Waals surface area contributed by atoms with E-state index < -0.39 is 0 Å². The van der Waals surface area contributed by atoms with Gasteiger partial charge in [0.2, 0.25) is 5.91 Å². The first-order valence-electron chi connectivity index (χ1n) is 11.1. The van der Waals surface area contributed by atoms with E-state index in [0.717, 1.165) is 65.2 Å². The fraction of sp³-hybridized carbons (Fsp3) is 0.458. The van der Waals surface area contributed by atoms with Gasteiger partial charge in [-0.15, -0.1) is 0 Å². The van der Waals surface area contributed by atoms with E-state index in [4.69, 9.17) is 0 Å². The van der Waals surface area contributed by atoms with Crippen LogP contribution in [0.2, 0.25) is 0 Å². The summed E-state index contributed by atoms with van der Waals surface area (Å²) in [5.74, 6) is -0.516. The van der Waals surface area contributed by atoms with E-state index in [0.29, 0.717) is 24.0 Å². The van der Waals surface area contributed by atoms with Crippen molar-refractivity contribution in [2.45, 2.75) is 52.0 Å². The van der Waals surface area contributed by atoms with Crippen LogP contribution in [0.3, 0.4) is 0 Å². The molecule has 0 bridgehead atoms. The van der Waals surface area contributed by atoms with Crippen LogP contribution in [0.25, 0.3) is 17.0 Å². The maximum atomic E-state index is 13.0. The Kier molecular flexibility index (Phi) is 6.51. The molecular formula is C24H29N3O3S. The Hall–Kier alpha value is -2.54. The number of carbonyl (C=O) groups is 3. The molecule has 7 heteroatoms. The van der Waals surface area contributed by atoms with Gasteiger partial charge < -0.3 is 9.47 Å². The minimum Gasteiger partial charge on any atom is -0.344 e. The molecule has 2 aliphatic rings. The lowest BCUT2D eigenvalue weighted by atomic mass is 10.1. The first-order chi connectivity index (χ1) is 15.0. The Morgan fingerprint density at radius 2 is 1.84 bits per heavy atom. The Morgan fingerprint density at radius 3 is 2.55 bits per heavy atom. The Balaban J connectivity index is 1.57. The molecular weight excluding hydrogens is 410 g/mol. The summed E-state index contributed by atoms with van der Waals surface area (Å²) >= 11 is 0.920. The molecule has 3 amide bonds. The van der Waals surface area contributed by atoms with E-state index in [-0.39, 0.29) is 23.6 Å². The average molecular weight is 440 g/mol. The molecule has 2 aliphatic heterocycles. The lowest BCUT2D eigenvalue weighted by molar-refractivity contribution is -0.135. The third kappa shape index (κ3) is 4.42. The molecule has 4 rings (SSSR count). The largest absolute Gasteiger partial charge is 0.344 e. The summed E-state index contributed by atoms with van der Waals surface area (Å²) in [6, 6.07) is 8.42. The molecule has 0 aliphatic carbocycles. The number of carbonyl (C=O) groups excluding carboxylic acids is 3. The van der Waals surface area contributed by atoms with Gasteiger partial charge in [0.15, 0.2) is 0 Å². The molecule has 31 heavy (non-hydrogen) atoms. The molecule has 1 aromatic carbocycles. The summed E-state index contributed by atoms with van der Waals surface area (Å²) < 4.78 is 2.22.